The molecule has 0 saturated heterocycles. The first-order valence-electron chi connectivity index (χ1n) is 5.83. The van der Waals surface area contributed by atoms with E-state index in [4.69, 9.17) is 0 Å². The molecular formula is C12H18AgN2O3S. The zero-order valence-electron chi connectivity index (χ0n) is 10.9. The van der Waals surface area contributed by atoms with Crippen molar-refractivity contribution >= 4 is 16.1 Å². The van der Waals surface area contributed by atoms with Gasteiger partial charge < -0.3 is 5.32 Å². The van der Waals surface area contributed by atoms with Crippen LogP contribution >= 0.6 is 0 Å². The average molecular weight is 378 g/mol. The summed E-state index contributed by atoms with van der Waals surface area (Å²) in [5, 5.41) is 2.49. The van der Waals surface area contributed by atoms with Crippen LogP contribution in [0.1, 0.15) is 25.3 Å². The van der Waals surface area contributed by atoms with Crippen molar-refractivity contribution in [1.82, 2.24) is 10.0 Å². The Labute approximate surface area is 129 Å². The molecule has 0 aliphatic carbocycles. The Hall–Kier alpha value is -0.820. The first-order valence-corrected chi connectivity index (χ1v) is 7.31. The van der Waals surface area contributed by atoms with Gasteiger partial charge >= 0.3 is 6.03 Å². The SMILES string of the molecule is CCCCNC(=O)NS(=O)(=O)c1ccc(C)cc1.[Ag]. The maximum Gasteiger partial charge on any atom is 0.328 e. The third-order valence-corrected chi connectivity index (χ3v) is 3.72. The Kier molecular flexibility index (Phi) is 8.01. The normalized spacial score (nSPS) is 10.4. The second kappa shape index (κ2) is 8.37. The molecule has 0 atom stereocenters. The van der Waals surface area contributed by atoms with Gasteiger partial charge in [0.15, 0.2) is 0 Å². The van der Waals surface area contributed by atoms with E-state index < -0.39 is 16.1 Å². The zero-order chi connectivity index (χ0) is 13.6. The van der Waals surface area contributed by atoms with Gasteiger partial charge in [-0.1, -0.05) is 31.0 Å². The van der Waals surface area contributed by atoms with E-state index in [-0.39, 0.29) is 27.3 Å². The summed E-state index contributed by atoms with van der Waals surface area (Å²) in [6.45, 7) is 4.32. The molecule has 19 heavy (non-hydrogen) atoms. The number of urea groups is 1. The summed E-state index contributed by atoms with van der Waals surface area (Å²) >= 11 is 0. The fourth-order valence-electron chi connectivity index (χ4n) is 1.31. The van der Waals surface area contributed by atoms with Crippen molar-refractivity contribution < 1.29 is 35.6 Å². The molecule has 0 spiro atoms. The van der Waals surface area contributed by atoms with Crippen molar-refractivity contribution in [3.05, 3.63) is 29.8 Å². The number of sulfonamides is 1. The van der Waals surface area contributed by atoms with Crippen LogP contribution in [0.25, 0.3) is 0 Å². The predicted octanol–water partition coefficient (Wildman–Crippen LogP) is 1.78. The molecule has 1 radical (unpaired) electrons. The van der Waals surface area contributed by atoms with E-state index in [0.29, 0.717) is 6.54 Å². The maximum absolute atomic E-state index is 11.8. The second-order valence-electron chi connectivity index (χ2n) is 4.03. The number of carbonyl (C=O) groups excluding carboxylic acids is 1. The van der Waals surface area contributed by atoms with Crippen LogP contribution in [-0.2, 0) is 32.4 Å². The molecule has 111 valence electrons. The molecule has 7 heteroatoms. The zero-order valence-corrected chi connectivity index (χ0v) is 13.2. The molecule has 5 nitrogen and oxygen atoms in total. The maximum atomic E-state index is 11.8. The number of unbranched alkanes of at least 4 members (excludes halogenated alkanes) is 1. The quantitative estimate of drug-likeness (QED) is 0.606. The number of hydrogen-bond acceptors (Lipinski definition) is 3. The summed E-state index contributed by atoms with van der Waals surface area (Å²) < 4.78 is 25.6. The van der Waals surface area contributed by atoms with Gasteiger partial charge in [-0.25, -0.2) is 17.9 Å². The predicted molar refractivity (Wildman–Crippen MR) is 69.8 cm³/mol. The molecule has 0 fully saturated rings. The minimum absolute atomic E-state index is 0. The van der Waals surface area contributed by atoms with Crippen LogP contribution < -0.4 is 10.0 Å². The van der Waals surface area contributed by atoms with Crippen LogP contribution in [0.3, 0.4) is 0 Å². The van der Waals surface area contributed by atoms with E-state index in [1.54, 1.807) is 12.1 Å². The second-order valence-corrected chi connectivity index (χ2v) is 5.71. The first-order chi connectivity index (χ1) is 8.45. The standard InChI is InChI=1S/C12H18N2O3S.Ag/c1-3-4-9-13-12(15)14-18(16,17)11-7-5-10(2)6-8-11;/h5-8H,3-4,9H2,1-2H3,(H2,13,14,15);. The molecule has 0 heterocycles. The van der Waals surface area contributed by atoms with Crippen LogP contribution in [0.4, 0.5) is 4.79 Å². The van der Waals surface area contributed by atoms with Crippen molar-refractivity contribution in [2.24, 2.45) is 0 Å². The van der Waals surface area contributed by atoms with E-state index in [2.05, 4.69) is 5.32 Å². The summed E-state index contributed by atoms with van der Waals surface area (Å²) in [5.41, 5.74) is 0.960. The molecule has 0 aliphatic heterocycles. The number of hydrogen-bond donors (Lipinski definition) is 2. The molecule has 0 saturated carbocycles. The molecular weight excluding hydrogens is 360 g/mol. The van der Waals surface area contributed by atoms with Crippen molar-refractivity contribution in [2.45, 2.75) is 31.6 Å². The van der Waals surface area contributed by atoms with Crippen LogP contribution in [0.2, 0.25) is 0 Å². The molecule has 1 aromatic rings. The topological polar surface area (TPSA) is 75.3 Å². The van der Waals surface area contributed by atoms with Crippen LogP contribution in [0.5, 0.6) is 0 Å². The largest absolute Gasteiger partial charge is 0.337 e. The van der Waals surface area contributed by atoms with Gasteiger partial charge in [-0.2, -0.15) is 0 Å². The smallest absolute Gasteiger partial charge is 0.328 e. The van der Waals surface area contributed by atoms with E-state index >= 15 is 0 Å². The molecule has 0 aliphatic rings. The van der Waals surface area contributed by atoms with E-state index in [0.717, 1.165) is 18.4 Å². The Morgan fingerprint density at radius 3 is 2.32 bits per heavy atom. The van der Waals surface area contributed by atoms with Gasteiger partial charge in [-0.3, -0.25) is 0 Å². The van der Waals surface area contributed by atoms with E-state index in [1.165, 1.54) is 12.1 Å². The van der Waals surface area contributed by atoms with Crippen molar-refractivity contribution in [3.63, 3.8) is 0 Å². The molecule has 1 aromatic carbocycles. The Bertz CT molecular complexity index is 500. The van der Waals surface area contributed by atoms with Crippen molar-refractivity contribution in [3.8, 4) is 0 Å². The number of rotatable bonds is 5. The van der Waals surface area contributed by atoms with Gasteiger partial charge in [0.05, 0.1) is 4.90 Å². The van der Waals surface area contributed by atoms with Crippen molar-refractivity contribution in [2.75, 3.05) is 6.54 Å². The number of nitrogens with one attached hydrogen (secondary N) is 2. The molecule has 1 rings (SSSR count). The molecule has 0 bridgehead atoms. The minimum Gasteiger partial charge on any atom is -0.337 e. The summed E-state index contributed by atoms with van der Waals surface area (Å²) in [7, 11) is -3.78. The Morgan fingerprint density at radius 1 is 1.21 bits per heavy atom. The number of carbonyl (C=O) groups is 1. The minimum atomic E-state index is -3.78. The van der Waals surface area contributed by atoms with Gasteiger partial charge in [0, 0.05) is 28.9 Å². The molecule has 0 unspecified atom stereocenters. The van der Waals surface area contributed by atoms with E-state index in [1.807, 2.05) is 18.6 Å². The van der Waals surface area contributed by atoms with Crippen LogP contribution in [0, 0.1) is 6.92 Å². The summed E-state index contributed by atoms with van der Waals surface area (Å²) in [6, 6.07) is 5.62. The van der Waals surface area contributed by atoms with Gasteiger partial charge in [-0.15, -0.1) is 0 Å². The van der Waals surface area contributed by atoms with Crippen molar-refractivity contribution in [1.29, 1.82) is 0 Å². The Balaban J connectivity index is 0.00000324. The fourth-order valence-corrected chi connectivity index (χ4v) is 2.24. The number of amides is 2. The first kappa shape index (κ1) is 18.2. The van der Waals surface area contributed by atoms with Gasteiger partial charge in [0.25, 0.3) is 10.0 Å². The molecule has 0 aromatic heterocycles. The van der Waals surface area contributed by atoms with E-state index in [9.17, 15) is 13.2 Å². The van der Waals surface area contributed by atoms with Crippen LogP contribution in [-0.4, -0.2) is 21.0 Å². The van der Waals surface area contributed by atoms with Crippen LogP contribution in [0.15, 0.2) is 29.2 Å². The monoisotopic (exact) mass is 377 g/mol. The van der Waals surface area contributed by atoms with Gasteiger partial charge in [0.2, 0.25) is 0 Å². The third-order valence-electron chi connectivity index (χ3n) is 2.37. The van der Waals surface area contributed by atoms with Gasteiger partial charge in [-0.05, 0) is 25.5 Å². The third kappa shape index (κ3) is 6.24. The number of aryl methyl sites for hydroxylation is 1. The van der Waals surface area contributed by atoms with Gasteiger partial charge in [0.1, 0.15) is 0 Å². The molecule has 2 N–H and O–H groups in total. The Morgan fingerprint density at radius 2 is 1.79 bits per heavy atom. The fraction of sp³-hybridized carbons (Fsp3) is 0.417. The number of benzene rings is 1. The summed E-state index contributed by atoms with van der Waals surface area (Å²) in [5.74, 6) is 0. The summed E-state index contributed by atoms with van der Waals surface area (Å²) in [4.78, 5) is 11.5. The molecule has 2 amide bonds. The summed E-state index contributed by atoms with van der Waals surface area (Å²) in [6.07, 6.45) is 1.75. The average Bonchev–Trinajstić information content (AvgIpc) is 2.29.